The molecule has 29 heavy (non-hydrogen) atoms. The Balaban J connectivity index is 0.00000300. The fourth-order valence-corrected chi connectivity index (χ4v) is 2.42. The molecule has 0 fully saturated rings. The first-order valence-corrected chi connectivity index (χ1v) is 9.05. The van der Waals surface area contributed by atoms with Crippen LogP contribution in [0.25, 0.3) is 11.4 Å². The lowest BCUT2D eigenvalue weighted by molar-refractivity contribution is -0.118. The van der Waals surface area contributed by atoms with E-state index in [1.165, 1.54) is 0 Å². The van der Waals surface area contributed by atoms with Crippen LogP contribution in [0.5, 0.6) is 11.5 Å². The highest BCUT2D eigenvalue weighted by molar-refractivity contribution is 5.92. The van der Waals surface area contributed by atoms with Crippen LogP contribution < -0.4 is 20.5 Å². The first-order chi connectivity index (χ1) is 13.7. The molecule has 3 rings (SSSR count). The molecule has 0 aliphatic carbocycles. The van der Waals surface area contributed by atoms with E-state index in [9.17, 15) is 4.79 Å². The number of ether oxygens (including phenoxy) is 2. The summed E-state index contributed by atoms with van der Waals surface area (Å²) in [5.41, 5.74) is 7.01. The summed E-state index contributed by atoms with van der Waals surface area (Å²) in [7, 11) is 0. The van der Waals surface area contributed by atoms with Crippen LogP contribution in [0.4, 0.5) is 5.69 Å². The van der Waals surface area contributed by atoms with Gasteiger partial charge in [-0.1, -0.05) is 6.92 Å². The van der Waals surface area contributed by atoms with Crippen LogP contribution in [0, 0.1) is 0 Å². The molecular formula is C20H24ClN5O3. The molecule has 0 bridgehead atoms. The number of aromatic nitrogens is 3. The summed E-state index contributed by atoms with van der Waals surface area (Å²) < 4.78 is 11.0. The maximum absolute atomic E-state index is 12.1. The Hall–Kier alpha value is -3.10. The molecule has 0 aliphatic heterocycles. The summed E-state index contributed by atoms with van der Waals surface area (Å²) in [5.74, 6) is 2.32. The topological polar surface area (TPSA) is 115 Å². The van der Waals surface area contributed by atoms with Crippen molar-refractivity contribution in [3.8, 4) is 22.9 Å². The van der Waals surface area contributed by atoms with Crippen LogP contribution in [0.15, 0.2) is 48.5 Å². The molecule has 2 aromatic carbocycles. The van der Waals surface area contributed by atoms with Gasteiger partial charge in [0.15, 0.2) is 12.4 Å². The third-order valence-corrected chi connectivity index (χ3v) is 3.82. The van der Waals surface area contributed by atoms with E-state index in [2.05, 4.69) is 27.4 Å². The molecule has 154 valence electrons. The molecule has 1 heterocycles. The first kappa shape index (κ1) is 22.2. The van der Waals surface area contributed by atoms with Gasteiger partial charge in [-0.25, -0.2) is 4.98 Å². The number of benzene rings is 2. The Labute approximate surface area is 175 Å². The smallest absolute Gasteiger partial charge is 0.262 e. The molecular weight excluding hydrogens is 394 g/mol. The van der Waals surface area contributed by atoms with E-state index in [0.717, 1.165) is 17.7 Å². The monoisotopic (exact) mass is 417 g/mol. The summed E-state index contributed by atoms with van der Waals surface area (Å²) in [6, 6.07) is 14.4. The lowest BCUT2D eigenvalue weighted by Crippen LogP contribution is -2.20. The number of nitrogens with two attached hydrogens (primary N) is 1. The second-order valence-corrected chi connectivity index (χ2v) is 6.04. The average Bonchev–Trinajstić information content (AvgIpc) is 3.21. The van der Waals surface area contributed by atoms with Crippen LogP contribution in [0.1, 0.15) is 19.2 Å². The Morgan fingerprint density at radius 2 is 1.72 bits per heavy atom. The standard InChI is InChI=1S/C20H23N5O3.ClH/c1-2-11-27-16-7-9-17(10-8-16)28-13-19(26)22-15-5-3-14(4-6-15)20-23-18(12-21)24-25-20;/h3-10H,2,11-13,21H2,1H3,(H,22,26)(H,23,24,25);1H. The largest absolute Gasteiger partial charge is 0.494 e. The molecule has 0 unspecified atom stereocenters. The Morgan fingerprint density at radius 1 is 1.07 bits per heavy atom. The van der Waals surface area contributed by atoms with Crippen molar-refractivity contribution in [1.82, 2.24) is 15.2 Å². The van der Waals surface area contributed by atoms with Gasteiger partial charge in [-0.15, -0.1) is 12.4 Å². The fourth-order valence-electron chi connectivity index (χ4n) is 2.42. The molecule has 0 radical (unpaired) electrons. The van der Waals surface area contributed by atoms with E-state index in [-0.39, 0.29) is 24.9 Å². The predicted octanol–water partition coefficient (Wildman–Crippen LogP) is 3.16. The minimum absolute atomic E-state index is 0. The highest BCUT2D eigenvalue weighted by Gasteiger charge is 2.07. The van der Waals surface area contributed by atoms with Gasteiger partial charge in [-0.05, 0) is 55.0 Å². The molecule has 1 aromatic heterocycles. The lowest BCUT2D eigenvalue weighted by atomic mass is 10.2. The Morgan fingerprint density at radius 3 is 2.31 bits per heavy atom. The van der Waals surface area contributed by atoms with Gasteiger partial charge in [0.1, 0.15) is 17.3 Å². The minimum atomic E-state index is -0.248. The van der Waals surface area contributed by atoms with E-state index < -0.39 is 0 Å². The lowest BCUT2D eigenvalue weighted by Gasteiger charge is -2.09. The second kappa shape index (κ2) is 11.0. The van der Waals surface area contributed by atoms with Crippen LogP contribution in [0.2, 0.25) is 0 Å². The van der Waals surface area contributed by atoms with Gasteiger partial charge in [0, 0.05) is 11.3 Å². The highest BCUT2D eigenvalue weighted by Crippen LogP contribution is 2.19. The Kier molecular flexibility index (Phi) is 8.45. The van der Waals surface area contributed by atoms with Crippen molar-refractivity contribution < 1.29 is 14.3 Å². The summed E-state index contributed by atoms with van der Waals surface area (Å²) in [6.07, 6.45) is 0.951. The van der Waals surface area contributed by atoms with E-state index in [1.54, 1.807) is 24.3 Å². The number of amides is 1. The van der Waals surface area contributed by atoms with Crippen LogP contribution in [-0.4, -0.2) is 34.3 Å². The molecule has 1 amide bonds. The van der Waals surface area contributed by atoms with Crippen LogP contribution in [-0.2, 0) is 11.3 Å². The number of H-pyrrole nitrogens is 1. The maximum Gasteiger partial charge on any atom is 0.262 e. The van der Waals surface area contributed by atoms with Gasteiger partial charge < -0.3 is 20.5 Å². The van der Waals surface area contributed by atoms with Crippen molar-refractivity contribution in [2.45, 2.75) is 19.9 Å². The van der Waals surface area contributed by atoms with Gasteiger partial charge in [0.2, 0.25) is 0 Å². The third kappa shape index (κ3) is 6.48. The number of carbonyl (C=O) groups excluding carboxylic acids is 1. The van der Waals surface area contributed by atoms with Crippen molar-refractivity contribution in [2.75, 3.05) is 18.5 Å². The van der Waals surface area contributed by atoms with Crippen molar-refractivity contribution in [1.29, 1.82) is 0 Å². The normalized spacial score (nSPS) is 10.1. The molecule has 3 aromatic rings. The van der Waals surface area contributed by atoms with Crippen molar-refractivity contribution in [3.63, 3.8) is 0 Å². The van der Waals surface area contributed by atoms with Crippen molar-refractivity contribution in [2.24, 2.45) is 5.73 Å². The highest BCUT2D eigenvalue weighted by atomic mass is 35.5. The molecule has 0 aliphatic rings. The molecule has 0 saturated heterocycles. The molecule has 4 N–H and O–H groups in total. The van der Waals surface area contributed by atoms with E-state index >= 15 is 0 Å². The van der Waals surface area contributed by atoms with E-state index in [4.69, 9.17) is 15.2 Å². The van der Waals surface area contributed by atoms with Gasteiger partial charge in [0.25, 0.3) is 5.91 Å². The average molecular weight is 418 g/mol. The van der Waals surface area contributed by atoms with E-state index in [0.29, 0.717) is 36.2 Å². The third-order valence-electron chi connectivity index (χ3n) is 3.82. The van der Waals surface area contributed by atoms with E-state index in [1.807, 2.05) is 24.3 Å². The fraction of sp³-hybridized carbons (Fsp3) is 0.250. The summed E-state index contributed by atoms with van der Waals surface area (Å²) in [5, 5.41) is 9.66. The van der Waals surface area contributed by atoms with Gasteiger partial charge in [-0.3, -0.25) is 9.89 Å². The van der Waals surface area contributed by atoms with Crippen molar-refractivity contribution >= 4 is 24.0 Å². The SMILES string of the molecule is CCCOc1ccc(OCC(=O)Nc2ccc(-c3n[nH]c(CN)n3)cc2)cc1.Cl. The Bertz CT molecular complexity index is 897. The summed E-state index contributed by atoms with van der Waals surface area (Å²) in [4.78, 5) is 16.4. The summed E-state index contributed by atoms with van der Waals surface area (Å²) >= 11 is 0. The zero-order valence-corrected chi connectivity index (χ0v) is 16.9. The molecule has 0 saturated carbocycles. The number of nitrogens with one attached hydrogen (secondary N) is 2. The zero-order valence-electron chi connectivity index (χ0n) is 16.1. The number of hydrogen-bond acceptors (Lipinski definition) is 6. The number of aromatic amines is 1. The minimum Gasteiger partial charge on any atom is -0.494 e. The number of halogens is 1. The second-order valence-electron chi connectivity index (χ2n) is 6.04. The zero-order chi connectivity index (χ0) is 19.8. The maximum atomic E-state index is 12.1. The number of carbonyl (C=O) groups is 1. The van der Waals surface area contributed by atoms with Gasteiger partial charge in [0.05, 0.1) is 13.2 Å². The molecule has 0 spiro atoms. The molecule has 9 heteroatoms. The van der Waals surface area contributed by atoms with Crippen LogP contribution in [0.3, 0.4) is 0 Å². The molecule has 8 nitrogen and oxygen atoms in total. The van der Waals surface area contributed by atoms with Crippen LogP contribution >= 0.6 is 12.4 Å². The number of nitrogens with zero attached hydrogens (tertiary/aromatic N) is 2. The van der Waals surface area contributed by atoms with Crippen molar-refractivity contribution in [3.05, 3.63) is 54.4 Å². The van der Waals surface area contributed by atoms with Gasteiger partial charge >= 0.3 is 0 Å². The first-order valence-electron chi connectivity index (χ1n) is 9.05. The number of rotatable bonds is 9. The number of hydrogen-bond donors (Lipinski definition) is 3. The number of anilines is 1. The van der Waals surface area contributed by atoms with Gasteiger partial charge in [-0.2, -0.15) is 5.10 Å². The molecule has 0 atom stereocenters. The quantitative estimate of drug-likeness (QED) is 0.492. The predicted molar refractivity (Wildman–Crippen MR) is 113 cm³/mol. The summed E-state index contributed by atoms with van der Waals surface area (Å²) in [6.45, 7) is 2.94.